The van der Waals surface area contributed by atoms with Crippen molar-refractivity contribution in [2.24, 2.45) is 17.1 Å². The molecule has 2 aromatic heterocycles. The predicted molar refractivity (Wildman–Crippen MR) is 107 cm³/mol. The van der Waals surface area contributed by atoms with Crippen molar-refractivity contribution in [1.29, 1.82) is 0 Å². The number of hydrogen-bond donors (Lipinski definition) is 3. The number of nitrogens with zero attached hydrogens (tertiary/aromatic N) is 1. The number of nitrogens with two attached hydrogens (primary N) is 1. The first kappa shape index (κ1) is 20.1. The van der Waals surface area contributed by atoms with Gasteiger partial charge in [0, 0.05) is 42.4 Å². The van der Waals surface area contributed by atoms with Crippen molar-refractivity contribution >= 4 is 35.0 Å². The van der Waals surface area contributed by atoms with Crippen molar-refractivity contribution in [1.82, 2.24) is 15.5 Å². The van der Waals surface area contributed by atoms with Gasteiger partial charge in [-0.05, 0) is 30.0 Å². The summed E-state index contributed by atoms with van der Waals surface area (Å²) in [4.78, 5) is 50.2. The van der Waals surface area contributed by atoms with Gasteiger partial charge in [-0.15, -0.1) is 0 Å². The van der Waals surface area contributed by atoms with Crippen LogP contribution in [-0.4, -0.2) is 54.7 Å². The highest BCUT2D eigenvalue weighted by Gasteiger charge is 2.55. The summed E-state index contributed by atoms with van der Waals surface area (Å²) in [5.41, 5.74) is 5.05. The lowest BCUT2D eigenvalue weighted by Gasteiger charge is -2.48. The Kier molecular flexibility index (Phi) is 5.33. The van der Waals surface area contributed by atoms with Gasteiger partial charge in [-0.2, -0.15) is 11.3 Å². The maximum atomic E-state index is 12.6. The molecular formula is C20H22N4O5S. The first-order chi connectivity index (χ1) is 14.4. The minimum absolute atomic E-state index is 0.0194. The fraction of sp³-hybridized carbons (Fsp3) is 0.400. The van der Waals surface area contributed by atoms with Gasteiger partial charge in [0.15, 0.2) is 0 Å². The summed E-state index contributed by atoms with van der Waals surface area (Å²) >= 11 is 1.39. The number of nitrogens with one attached hydrogen (secondary N) is 2. The van der Waals surface area contributed by atoms with Crippen molar-refractivity contribution in [3.8, 4) is 0 Å². The van der Waals surface area contributed by atoms with E-state index in [1.54, 1.807) is 34.1 Å². The van der Waals surface area contributed by atoms with Crippen molar-refractivity contribution < 1.29 is 23.6 Å². The van der Waals surface area contributed by atoms with Crippen molar-refractivity contribution in [2.75, 3.05) is 26.2 Å². The van der Waals surface area contributed by atoms with Gasteiger partial charge >= 0.3 is 0 Å². The highest BCUT2D eigenvalue weighted by molar-refractivity contribution is 7.08. The minimum atomic E-state index is -0.988. The number of furan rings is 1. The van der Waals surface area contributed by atoms with Crippen LogP contribution in [0.3, 0.4) is 0 Å². The smallest absolute Gasteiger partial charge is 0.252 e. The Labute approximate surface area is 176 Å². The number of likely N-dealkylation sites (tertiary alicyclic amines) is 1. The predicted octanol–water partition coefficient (Wildman–Crippen LogP) is 0.305. The molecule has 1 aliphatic heterocycles. The summed E-state index contributed by atoms with van der Waals surface area (Å²) in [7, 11) is 0. The second-order valence-electron chi connectivity index (χ2n) is 7.77. The number of hydrogen-bond acceptors (Lipinski definition) is 6. The molecule has 3 heterocycles. The van der Waals surface area contributed by atoms with E-state index in [2.05, 4.69) is 10.6 Å². The zero-order chi connectivity index (χ0) is 21.3. The van der Waals surface area contributed by atoms with Crippen molar-refractivity contribution in [2.45, 2.75) is 12.3 Å². The summed E-state index contributed by atoms with van der Waals surface area (Å²) in [6.45, 7) is 0.152. The van der Waals surface area contributed by atoms with Crippen LogP contribution >= 0.6 is 11.3 Å². The number of primary amides is 1. The third-order valence-corrected chi connectivity index (χ3v) is 6.34. The zero-order valence-electron chi connectivity index (χ0n) is 16.1. The normalized spacial score (nSPS) is 21.4. The lowest BCUT2D eigenvalue weighted by atomic mass is 9.78. The maximum absolute atomic E-state index is 12.6. The van der Waals surface area contributed by atoms with E-state index in [1.807, 2.05) is 6.07 Å². The van der Waals surface area contributed by atoms with E-state index in [9.17, 15) is 19.2 Å². The molecule has 4 rings (SSSR count). The molecule has 9 nitrogen and oxygen atoms in total. The molecule has 158 valence electrons. The zero-order valence-corrected chi connectivity index (χ0v) is 16.9. The van der Waals surface area contributed by atoms with Gasteiger partial charge < -0.3 is 25.7 Å². The Hall–Kier alpha value is -3.14. The van der Waals surface area contributed by atoms with Gasteiger partial charge in [-0.25, -0.2) is 0 Å². The molecule has 4 N–H and O–H groups in total. The summed E-state index contributed by atoms with van der Waals surface area (Å²) in [6, 6.07) is 5.31. The molecule has 1 saturated heterocycles. The molecule has 0 bridgehead atoms. The van der Waals surface area contributed by atoms with Gasteiger partial charge in [-0.1, -0.05) is 0 Å². The van der Waals surface area contributed by atoms with Crippen molar-refractivity contribution in [3.63, 3.8) is 0 Å². The van der Waals surface area contributed by atoms with Gasteiger partial charge in [-0.3, -0.25) is 19.2 Å². The number of carbonyl (C=O) groups is 4. The molecular weight excluding hydrogens is 408 g/mol. The van der Waals surface area contributed by atoms with Crippen LogP contribution in [0.15, 0.2) is 39.6 Å². The topological polar surface area (TPSA) is 135 Å². The Morgan fingerprint density at radius 3 is 2.67 bits per heavy atom. The SMILES string of the molecule is NC(=O)C1(CNC(=O)CNC(=O)c2ccsc2)CN(C(=O)[C@@H]2C[C@H]2c2ccco2)C1. The first-order valence-electron chi connectivity index (χ1n) is 9.59. The molecule has 0 unspecified atom stereocenters. The molecule has 1 saturated carbocycles. The second-order valence-corrected chi connectivity index (χ2v) is 8.55. The molecule has 2 atom stereocenters. The Morgan fingerprint density at radius 2 is 2.03 bits per heavy atom. The molecule has 0 radical (unpaired) electrons. The van der Waals surface area contributed by atoms with E-state index < -0.39 is 17.2 Å². The molecule has 4 amide bonds. The summed E-state index contributed by atoms with van der Waals surface area (Å²) in [5.74, 6) is -0.607. The summed E-state index contributed by atoms with van der Waals surface area (Å²) in [6.07, 6.45) is 2.31. The molecule has 10 heteroatoms. The number of carbonyl (C=O) groups excluding carboxylic acids is 4. The molecule has 30 heavy (non-hydrogen) atoms. The number of rotatable bonds is 8. The highest BCUT2D eigenvalue weighted by atomic mass is 32.1. The fourth-order valence-electron chi connectivity index (χ4n) is 3.70. The average Bonchev–Trinajstić information content (AvgIpc) is 3.11. The molecule has 1 aliphatic carbocycles. The van der Waals surface area contributed by atoms with E-state index in [0.29, 0.717) is 5.56 Å². The van der Waals surface area contributed by atoms with E-state index in [4.69, 9.17) is 10.2 Å². The minimum Gasteiger partial charge on any atom is -0.469 e. The average molecular weight is 430 g/mol. The molecule has 2 fully saturated rings. The molecule has 0 spiro atoms. The molecule has 0 aromatic carbocycles. The second kappa shape index (κ2) is 7.94. The van der Waals surface area contributed by atoms with Crippen molar-refractivity contribution in [3.05, 3.63) is 46.5 Å². The van der Waals surface area contributed by atoms with Crippen LogP contribution in [0.25, 0.3) is 0 Å². The van der Waals surface area contributed by atoms with Gasteiger partial charge in [0.25, 0.3) is 5.91 Å². The largest absolute Gasteiger partial charge is 0.469 e. The Balaban J connectivity index is 1.24. The fourth-order valence-corrected chi connectivity index (χ4v) is 4.34. The first-order valence-corrected chi connectivity index (χ1v) is 10.5. The number of amides is 4. The summed E-state index contributed by atoms with van der Waals surface area (Å²) < 4.78 is 5.35. The quantitative estimate of drug-likeness (QED) is 0.554. The van der Waals surface area contributed by atoms with Crippen LogP contribution in [0.1, 0.15) is 28.5 Å². The Bertz CT molecular complexity index is 950. The number of thiophene rings is 1. The monoisotopic (exact) mass is 430 g/mol. The molecule has 2 aliphatic rings. The highest BCUT2D eigenvalue weighted by Crippen LogP contribution is 2.49. The van der Waals surface area contributed by atoms with Gasteiger partial charge in [0.05, 0.1) is 12.8 Å². The van der Waals surface area contributed by atoms with Crippen LogP contribution in [-0.2, 0) is 14.4 Å². The van der Waals surface area contributed by atoms with E-state index in [1.165, 1.54) is 11.3 Å². The van der Waals surface area contributed by atoms with E-state index in [-0.39, 0.29) is 49.8 Å². The van der Waals surface area contributed by atoms with Crippen LogP contribution in [0.5, 0.6) is 0 Å². The van der Waals surface area contributed by atoms with Crippen LogP contribution in [0.4, 0.5) is 0 Å². The van der Waals surface area contributed by atoms with E-state index in [0.717, 1.165) is 12.2 Å². The third-order valence-electron chi connectivity index (χ3n) is 5.65. The van der Waals surface area contributed by atoms with Crippen LogP contribution in [0, 0.1) is 11.3 Å². The Morgan fingerprint density at radius 1 is 1.23 bits per heavy atom. The maximum Gasteiger partial charge on any atom is 0.252 e. The van der Waals surface area contributed by atoms with Gasteiger partial charge in [0.1, 0.15) is 11.2 Å². The standard InChI is InChI=1S/C20H22N4O5S/c21-19(28)20(9-23-16(25)7-22-17(26)12-3-5-30-8-12)10-24(11-20)18(27)14-6-13(14)15-2-1-4-29-15/h1-5,8,13-14H,6-7,9-11H2,(H2,21,28)(H,22,26)(H,23,25)/t13-,14-/m1/s1. The van der Waals surface area contributed by atoms with Crippen LogP contribution < -0.4 is 16.4 Å². The summed E-state index contributed by atoms with van der Waals surface area (Å²) in [5, 5.41) is 8.62. The third kappa shape index (κ3) is 3.95. The van der Waals surface area contributed by atoms with E-state index >= 15 is 0 Å². The van der Waals surface area contributed by atoms with Gasteiger partial charge in [0.2, 0.25) is 17.7 Å². The lowest BCUT2D eigenvalue weighted by Crippen LogP contribution is -2.68. The molecule has 2 aromatic rings. The van der Waals surface area contributed by atoms with Crippen LogP contribution in [0.2, 0.25) is 0 Å². The lowest BCUT2D eigenvalue weighted by molar-refractivity contribution is -0.152.